The number of benzene rings is 1. The summed E-state index contributed by atoms with van der Waals surface area (Å²) >= 11 is 0. The zero-order chi connectivity index (χ0) is 19.3. The van der Waals surface area contributed by atoms with Crippen molar-refractivity contribution in [1.29, 1.82) is 0 Å². The molecule has 2 amide bonds. The molecular formula is C20H25N5O3. The van der Waals surface area contributed by atoms with Crippen LogP contribution >= 0.6 is 0 Å². The second-order valence-electron chi connectivity index (χ2n) is 7.14. The second-order valence-corrected chi connectivity index (χ2v) is 7.14. The lowest BCUT2D eigenvalue weighted by Crippen LogP contribution is -2.41. The molecule has 2 aliphatic rings. The van der Waals surface area contributed by atoms with Gasteiger partial charge in [0.25, 0.3) is 5.91 Å². The second kappa shape index (κ2) is 8.53. The van der Waals surface area contributed by atoms with Crippen molar-refractivity contribution in [3.05, 3.63) is 42.1 Å². The highest BCUT2D eigenvalue weighted by molar-refractivity contribution is 5.97. The molecule has 0 unspecified atom stereocenters. The molecule has 2 aromatic rings. The lowest BCUT2D eigenvalue weighted by Gasteiger charge is -2.26. The van der Waals surface area contributed by atoms with Gasteiger partial charge in [0.2, 0.25) is 5.91 Å². The molecule has 1 aromatic carbocycles. The van der Waals surface area contributed by atoms with Crippen LogP contribution in [0.4, 0.5) is 5.82 Å². The van der Waals surface area contributed by atoms with E-state index in [2.05, 4.69) is 20.6 Å². The summed E-state index contributed by atoms with van der Waals surface area (Å²) in [6.07, 6.45) is 1.83. The maximum absolute atomic E-state index is 12.6. The first-order valence-electron chi connectivity index (χ1n) is 9.75. The molecular weight excluding hydrogens is 358 g/mol. The predicted molar refractivity (Wildman–Crippen MR) is 105 cm³/mol. The molecule has 0 radical (unpaired) electrons. The maximum Gasteiger partial charge on any atom is 0.271 e. The van der Waals surface area contributed by atoms with E-state index < -0.39 is 0 Å². The number of morpholine rings is 1. The number of hydrogen-bond acceptors (Lipinski definition) is 5. The van der Waals surface area contributed by atoms with Gasteiger partial charge in [0.15, 0.2) is 5.69 Å². The summed E-state index contributed by atoms with van der Waals surface area (Å²) in [5, 5.41) is 10.3. The minimum absolute atomic E-state index is 0.0173. The fourth-order valence-electron chi connectivity index (χ4n) is 3.16. The Bertz CT molecular complexity index is 826. The monoisotopic (exact) mass is 383 g/mol. The summed E-state index contributed by atoms with van der Waals surface area (Å²) in [6, 6.07) is 11.1. The van der Waals surface area contributed by atoms with Crippen LogP contribution in [0.1, 0.15) is 23.3 Å². The number of carbonyl (C=O) groups is 2. The fraction of sp³-hybridized carbons (Fsp3) is 0.450. The topological polar surface area (TPSA) is 88.5 Å². The lowest BCUT2D eigenvalue weighted by atomic mass is 10.3. The van der Waals surface area contributed by atoms with E-state index in [9.17, 15) is 9.59 Å². The normalized spacial score (nSPS) is 17.3. The quantitative estimate of drug-likeness (QED) is 0.752. The highest BCUT2D eigenvalue weighted by Crippen LogP contribution is 2.30. The van der Waals surface area contributed by atoms with E-state index in [0.29, 0.717) is 12.4 Å². The largest absolute Gasteiger partial charge is 0.379 e. The van der Waals surface area contributed by atoms with Crippen LogP contribution in [0.3, 0.4) is 0 Å². The highest BCUT2D eigenvalue weighted by atomic mass is 16.5. The van der Waals surface area contributed by atoms with Gasteiger partial charge < -0.3 is 15.4 Å². The van der Waals surface area contributed by atoms with Gasteiger partial charge >= 0.3 is 0 Å². The van der Waals surface area contributed by atoms with Crippen molar-refractivity contribution in [3.63, 3.8) is 0 Å². The molecule has 0 bridgehead atoms. The molecule has 1 aromatic heterocycles. The third-order valence-electron chi connectivity index (χ3n) is 4.96. The van der Waals surface area contributed by atoms with Crippen LogP contribution in [0.15, 0.2) is 36.4 Å². The molecule has 1 saturated heterocycles. The van der Waals surface area contributed by atoms with Crippen LogP contribution in [0.2, 0.25) is 0 Å². The molecule has 8 nitrogen and oxygen atoms in total. The van der Waals surface area contributed by atoms with Gasteiger partial charge in [-0.15, -0.1) is 0 Å². The number of carbonyl (C=O) groups excluding carboxylic acids is 2. The Kier molecular flexibility index (Phi) is 5.68. The van der Waals surface area contributed by atoms with E-state index in [-0.39, 0.29) is 23.4 Å². The molecule has 148 valence electrons. The molecule has 2 N–H and O–H groups in total. The summed E-state index contributed by atoms with van der Waals surface area (Å²) in [6.45, 7) is 4.56. The summed E-state index contributed by atoms with van der Waals surface area (Å²) in [4.78, 5) is 27.0. The molecule has 2 heterocycles. The van der Waals surface area contributed by atoms with Gasteiger partial charge in [0.1, 0.15) is 5.82 Å². The van der Waals surface area contributed by atoms with Crippen molar-refractivity contribution >= 4 is 17.6 Å². The predicted octanol–water partition coefficient (Wildman–Crippen LogP) is 1.28. The fourth-order valence-corrected chi connectivity index (χ4v) is 3.16. The van der Waals surface area contributed by atoms with Crippen molar-refractivity contribution in [2.45, 2.75) is 12.8 Å². The van der Waals surface area contributed by atoms with Crippen LogP contribution in [-0.4, -0.2) is 65.9 Å². The van der Waals surface area contributed by atoms with Crippen LogP contribution in [0.25, 0.3) is 5.69 Å². The van der Waals surface area contributed by atoms with Gasteiger partial charge in [-0.1, -0.05) is 18.2 Å². The minimum atomic E-state index is -0.245. The van der Waals surface area contributed by atoms with Crippen molar-refractivity contribution in [2.75, 3.05) is 44.7 Å². The van der Waals surface area contributed by atoms with E-state index in [1.165, 1.54) is 0 Å². The number of ether oxygens (including phenoxy) is 1. The Morgan fingerprint density at radius 2 is 1.89 bits per heavy atom. The van der Waals surface area contributed by atoms with Gasteiger partial charge in [-0.3, -0.25) is 14.5 Å². The molecule has 0 atom stereocenters. The number of aromatic nitrogens is 2. The first kappa shape index (κ1) is 18.6. The standard InChI is InChI=1S/C20H25N5O3/c26-19(15-6-7-15)22-18-14-17(23-25(18)16-4-2-1-3-5-16)20(27)21-8-9-24-10-12-28-13-11-24/h1-5,14-15H,6-13H2,(H,21,27)(H,22,26). The van der Waals surface area contributed by atoms with Gasteiger partial charge in [-0.05, 0) is 25.0 Å². The number of hydrogen-bond donors (Lipinski definition) is 2. The van der Waals surface area contributed by atoms with Crippen LogP contribution < -0.4 is 10.6 Å². The van der Waals surface area contributed by atoms with Crippen molar-refractivity contribution < 1.29 is 14.3 Å². The zero-order valence-electron chi connectivity index (χ0n) is 15.8. The Balaban J connectivity index is 1.44. The number of nitrogens with zero attached hydrogens (tertiary/aromatic N) is 3. The molecule has 8 heteroatoms. The molecule has 2 fully saturated rings. The smallest absolute Gasteiger partial charge is 0.271 e. The Morgan fingerprint density at radius 1 is 1.14 bits per heavy atom. The SMILES string of the molecule is O=C(NCCN1CCOCC1)c1cc(NC(=O)C2CC2)n(-c2ccccc2)n1. The molecule has 28 heavy (non-hydrogen) atoms. The summed E-state index contributed by atoms with van der Waals surface area (Å²) in [5.74, 6) is 0.326. The molecule has 1 aliphatic heterocycles. The number of nitrogens with one attached hydrogen (secondary N) is 2. The van der Waals surface area contributed by atoms with Crippen molar-refractivity contribution in [2.24, 2.45) is 5.92 Å². The summed E-state index contributed by atoms with van der Waals surface area (Å²) in [5.41, 5.74) is 1.08. The maximum atomic E-state index is 12.6. The molecule has 1 saturated carbocycles. The highest BCUT2D eigenvalue weighted by Gasteiger charge is 2.30. The first-order valence-corrected chi connectivity index (χ1v) is 9.75. The Hall–Kier alpha value is -2.71. The molecule has 4 rings (SSSR count). The van der Waals surface area contributed by atoms with E-state index in [4.69, 9.17) is 4.74 Å². The lowest BCUT2D eigenvalue weighted by molar-refractivity contribution is -0.117. The van der Waals surface area contributed by atoms with Crippen LogP contribution in [-0.2, 0) is 9.53 Å². The number of rotatable bonds is 7. The van der Waals surface area contributed by atoms with Gasteiger partial charge in [-0.2, -0.15) is 5.10 Å². The average molecular weight is 383 g/mol. The third kappa shape index (κ3) is 4.58. The Morgan fingerprint density at radius 3 is 2.61 bits per heavy atom. The molecule has 1 aliphatic carbocycles. The molecule has 0 spiro atoms. The summed E-state index contributed by atoms with van der Waals surface area (Å²) in [7, 11) is 0. The Labute approximate surface area is 163 Å². The third-order valence-corrected chi connectivity index (χ3v) is 4.96. The van der Waals surface area contributed by atoms with E-state index >= 15 is 0 Å². The first-order chi connectivity index (χ1) is 13.7. The number of amides is 2. The van der Waals surface area contributed by atoms with Crippen molar-refractivity contribution in [1.82, 2.24) is 20.0 Å². The van der Waals surface area contributed by atoms with Crippen LogP contribution in [0, 0.1) is 5.92 Å². The minimum Gasteiger partial charge on any atom is -0.379 e. The summed E-state index contributed by atoms with van der Waals surface area (Å²) < 4.78 is 6.94. The average Bonchev–Trinajstić information content (AvgIpc) is 3.50. The van der Waals surface area contributed by atoms with E-state index in [0.717, 1.165) is 51.4 Å². The van der Waals surface area contributed by atoms with Crippen molar-refractivity contribution in [3.8, 4) is 5.69 Å². The van der Waals surface area contributed by atoms with E-state index in [1.54, 1.807) is 10.7 Å². The van der Waals surface area contributed by atoms with Gasteiger partial charge in [0, 0.05) is 38.2 Å². The zero-order valence-corrected chi connectivity index (χ0v) is 15.8. The number of para-hydroxylation sites is 1. The van der Waals surface area contributed by atoms with Crippen LogP contribution in [0.5, 0.6) is 0 Å². The van der Waals surface area contributed by atoms with Gasteiger partial charge in [0.05, 0.1) is 18.9 Å². The number of anilines is 1. The van der Waals surface area contributed by atoms with E-state index in [1.807, 2.05) is 30.3 Å². The van der Waals surface area contributed by atoms with Gasteiger partial charge in [-0.25, -0.2) is 4.68 Å².